The molecule has 0 unspecified atom stereocenters. The molecule has 0 aliphatic carbocycles. The number of hydrogen-bond donors (Lipinski definition) is 3. The van der Waals surface area contributed by atoms with E-state index in [9.17, 15) is 5.11 Å². The smallest absolute Gasteiger partial charge is 0.140 e. The largest absolute Gasteiger partial charge is 0.506 e. The topological polar surface area (TPSA) is 44.3 Å². The number of alkyl halides is 2. The van der Waals surface area contributed by atoms with Gasteiger partial charge in [0.1, 0.15) is 11.4 Å². The van der Waals surface area contributed by atoms with Crippen LogP contribution in [-0.4, -0.2) is 30.0 Å². The first kappa shape index (κ1) is 12.3. The van der Waals surface area contributed by atoms with Gasteiger partial charge in [-0.15, -0.1) is 23.2 Å². The summed E-state index contributed by atoms with van der Waals surface area (Å²) in [5, 5.41) is 15.8. The Labute approximate surface area is 99.4 Å². The van der Waals surface area contributed by atoms with Crippen molar-refractivity contribution in [3.8, 4) is 5.75 Å². The van der Waals surface area contributed by atoms with Crippen molar-refractivity contribution in [2.24, 2.45) is 0 Å². The second-order valence-electron chi connectivity index (χ2n) is 2.93. The van der Waals surface area contributed by atoms with E-state index < -0.39 is 0 Å². The normalized spacial score (nSPS) is 10.0. The molecule has 0 aliphatic heterocycles. The molecular formula is C10H14Cl2N2O. The third-order valence-corrected chi connectivity index (χ3v) is 2.23. The molecule has 0 saturated heterocycles. The fourth-order valence-electron chi connectivity index (χ4n) is 1.23. The summed E-state index contributed by atoms with van der Waals surface area (Å²) in [6.45, 7) is 1.26. The van der Waals surface area contributed by atoms with Crippen LogP contribution in [0.1, 0.15) is 0 Å². The number of hydrogen-bond acceptors (Lipinski definition) is 3. The van der Waals surface area contributed by atoms with Crippen molar-refractivity contribution in [1.29, 1.82) is 0 Å². The number of phenols is 1. The fraction of sp³-hybridized carbons (Fsp3) is 0.400. The lowest BCUT2D eigenvalue weighted by atomic mass is 10.2. The standard InChI is InChI=1S/C10H14Cl2N2O/c11-4-6-13-8-2-1-3-9(15)10(8)14-7-5-12/h1-3,13-15H,4-7H2. The lowest BCUT2D eigenvalue weighted by molar-refractivity contribution is 0.477. The highest BCUT2D eigenvalue weighted by Crippen LogP contribution is 2.31. The van der Waals surface area contributed by atoms with Crippen molar-refractivity contribution >= 4 is 34.6 Å². The Balaban J connectivity index is 2.77. The number of para-hydroxylation sites is 1. The van der Waals surface area contributed by atoms with Gasteiger partial charge in [0.2, 0.25) is 0 Å². The second-order valence-corrected chi connectivity index (χ2v) is 3.69. The molecule has 0 aliphatic rings. The lowest BCUT2D eigenvalue weighted by Gasteiger charge is -2.13. The molecule has 1 aromatic carbocycles. The number of anilines is 2. The van der Waals surface area contributed by atoms with Crippen LogP contribution in [0, 0.1) is 0 Å². The molecular weight excluding hydrogens is 235 g/mol. The zero-order valence-corrected chi connectivity index (χ0v) is 9.78. The van der Waals surface area contributed by atoms with Gasteiger partial charge in [-0.2, -0.15) is 0 Å². The molecule has 15 heavy (non-hydrogen) atoms. The van der Waals surface area contributed by atoms with Crippen LogP contribution in [0.3, 0.4) is 0 Å². The number of aromatic hydroxyl groups is 1. The molecule has 1 rings (SSSR count). The first-order valence-corrected chi connectivity index (χ1v) is 5.78. The van der Waals surface area contributed by atoms with Gasteiger partial charge in [-0.3, -0.25) is 0 Å². The van der Waals surface area contributed by atoms with E-state index in [-0.39, 0.29) is 5.75 Å². The van der Waals surface area contributed by atoms with Crippen molar-refractivity contribution in [2.45, 2.75) is 0 Å². The highest BCUT2D eigenvalue weighted by atomic mass is 35.5. The van der Waals surface area contributed by atoms with Gasteiger partial charge in [0.25, 0.3) is 0 Å². The summed E-state index contributed by atoms with van der Waals surface area (Å²) in [4.78, 5) is 0. The zero-order chi connectivity index (χ0) is 11.1. The molecule has 0 amide bonds. The highest BCUT2D eigenvalue weighted by Gasteiger charge is 2.05. The molecule has 0 heterocycles. The van der Waals surface area contributed by atoms with E-state index in [1.165, 1.54) is 0 Å². The van der Waals surface area contributed by atoms with Crippen molar-refractivity contribution in [2.75, 3.05) is 35.5 Å². The molecule has 0 fully saturated rings. The molecule has 0 bridgehead atoms. The van der Waals surface area contributed by atoms with E-state index in [0.717, 1.165) is 5.69 Å². The van der Waals surface area contributed by atoms with Gasteiger partial charge in [-0.25, -0.2) is 0 Å². The Bertz CT molecular complexity index is 307. The lowest BCUT2D eigenvalue weighted by Crippen LogP contribution is -2.08. The Morgan fingerprint density at radius 3 is 2.40 bits per heavy atom. The van der Waals surface area contributed by atoms with E-state index in [4.69, 9.17) is 23.2 Å². The van der Waals surface area contributed by atoms with Crippen LogP contribution in [0.2, 0.25) is 0 Å². The SMILES string of the molecule is Oc1cccc(NCCCl)c1NCCCl. The summed E-state index contributed by atoms with van der Waals surface area (Å²) in [7, 11) is 0. The predicted molar refractivity (Wildman–Crippen MR) is 66.5 cm³/mol. The van der Waals surface area contributed by atoms with Gasteiger partial charge in [0, 0.05) is 24.8 Å². The van der Waals surface area contributed by atoms with Gasteiger partial charge in [-0.1, -0.05) is 6.07 Å². The minimum atomic E-state index is 0.208. The molecule has 5 heteroatoms. The zero-order valence-electron chi connectivity index (χ0n) is 8.26. The summed E-state index contributed by atoms with van der Waals surface area (Å²) in [6.07, 6.45) is 0. The summed E-state index contributed by atoms with van der Waals surface area (Å²) in [5.41, 5.74) is 1.50. The summed E-state index contributed by atoms with van der Waals surface area (Å²) in [6, 6.07) is 5.28. The number of rotatable bonds is 6. The monoisotopic (exact) mass is 248 g/mol. The number of phenolic OH excluding ortho intramolecular Hbond substituents is 1. The number of halogens is 2. The van der Waals surface area contributed by atoms with E-state index in [1.807, 2.05) is 6.07 Å². The maximum Gasteiger partial charge on any atom is 0.140 e. The molecule has 0 saturated carbocycles. The van der Waals surface area contributed by atoms with E-state index >= 15 is 0 Å². The quantitative estimate of drug-likeness (QED) is 0.536. The van der Waals surface area contributed by atoms with Crippen LogP contribution in [0.4, 0.5) is 11.4 Å². The molecule has 0 atom stereocenters. The maximum absolute atomic E-state index is 9.64. The van der Waals surface area contributed by atoms with Crippen molar-refractivity contribution in [3.05, 3.63) is 18.2 Å². The third-order valence-electron chi connectivity index (χ3n) is 1.85. The predicted octanol–water partition coefficient (Wildman–Crippen LogP) is 2.69. The average Bonchev–Trinajstić information content (AvgIpc) is 2.25. The van der Waals surface area contributed by atoms with Crippen LogP contribution < -0.4 is 10.6 Å². The van der Waals surface area contributed by atoms with Crippen LogP contribution in [0.5, 0.6) is 5.75 Å². The first-order chi connectivity index (χ1) is 7.29. The Kier molecular flexibility index (Phi) is 5.43. The fourth-order valence-corrected chi connectivity index (χ4v) is 1.42. The summed E-state index contributed by atoms with van der Waals surface area (Å²) in [5.74, 6) is 1.22. The van der Waals surface area contributed by atoms with Crippen LogP contribution >= 0.6 is 23.2 Å². The average molecular weight is 249 g/mol. The molecule has 0 aromatic heterocycles. The van der Waals surface area contributed by atoms with Gasteiger partial charge in [0.05, 0.1) is 5.69 Å². The minimum absolute atomic E-state index is 0.208. The Morgan fingerprint density at radius 2 is 1.73 bits per heavy atom. The molecule has 0 radical (unpaired) electrons. The summed E-state index contributed by atoms with van der Waals surface area (Å²) >= 11 is 11.2. The summed E-state index contributed by atoms with van der Waals surface area (Å²) < 4.78 is 0. The number of benzene rings is 1. The van der Waals surface area contributed by atoms with Gasteiger partial charge in [-0.05, 0) is 12.1 Å². The Hall–Kier alpha value is -0.800. The molecule has 0 spiro atoms. The Morgan fingerprint density at radius 1 is 1.07 bits per heavy atom. The number of nitrogens with one attached hydrogen (secondary N) is 2. The van der Waals surface area contributed by atoms with E-state index in [2.05, 4.69) is 10.6 Å². The minimum Gasteiger partial charge on any atom is -0.506 e. The van der Waals surface area contributed by atoms with Gasteiger partial charge >= 0.3 is 0 Å². The van der Waals surface area contributed by atoms with E-state index in [1.54, 1.807) is 12.1 Å². The second kappa shape index (κ2) is 6.64. The van der Waals surface area contributed by atoms with Crippen molar-refractivity contribution in [3.63, 3.8) is 0 Å². The molecule has 1 aromatic rings. The van der Waals surface area contributed by atoms with Crippen LogP contribution in [-0.2, 0) is 0 Å². The van der Waals surface area contributed by atoms with Gasteiger partial charge < -0.3 is 15.7 Å². The van der Waals surface area contributed by atoms with Gasteiger partial charge in [0.15, 0.2) is 0 Å². The van der Waals surface area contributed by atoms with Crippen molar-refractivity contribution < 1.29 is 5.11 Å². The first-order valence-electron chi connectivity index (χ1n) is 4.71. The van der Waals surface area contributed by atoms with Crippen LogP contribution in [0.25, 0.3) is 0 Å². The van der Waals surface area contributed by atoms with Crippen molar-refractivity contribution in [1.82, 2.24) is 0 Å². The molecule has 3 nitrogen and oxygen atoms in total. The van der Waals surface area contributed by atoms with E-state index in [0.29, 0.717) is 30.5 Å². The van der Waals surface area contributed by atoms with Crippen LogP contribution in [0.15, 0.2) is 18.2 Å². The molecule has 3 N–H and O–H groups in total. The third kappa shape index (κ3) is 3.68. The highest BCUT2D eigenvalue weighted by molar-refractivity contribution is 6.18. The molecule has 84 valence electrons. The maximum atomic E-state index is 9.64.